The molecule has 212 valence electrons. The molecule has 5 rings (SSSR count). The van der Waals surface area contributed by atoms with Gasteiger partial charge in [0.15, 0.2) is 11.5 Å². The molecule has 2 aliphatic rings. The predicted octanol–water partition coefficient (Wildman–Crippen LogP) is 4.36. The van der Waals surface area contributed by atoms with E-state index in [4.69, 9.17) is 18.9 Å². The number of amides is 1. The highest BCUT2D eigenvalue weighted by molar-refractivity contribution is 6.02. The Kier molecular flexibility index (Phi) is 8.09. The molecule has 0 saturated carbocycles. The second kappa shape index (κ2) is 11.7. The smallest absolute Gasteiger partial charge is 0.236 e. The van der Waals surface area contributed by atoms with Crippen LogP contribution in [0.3, 0.4) is 0 Å². The number of nitrogens with zero attached hydrogens (tertiary/aromatic N) is 3. The zero-order chi connectivity index (χ0) is 28.3. The van der Waals surface area contributed by atoms with Gasteiger partial charge in [-0.1, -0.05) is 6.92 Å². The number of nitrogens with one attached hydrogen (secondary N) is 2. The summed E-state index contributed by atoms with van der Waals surface area (Å²) >= 11 is 0. The Hall–Kier alpha value is -3.89. The van der Waals surface area contributed by atoms with Crippen LogP contribution in [0.15, 0.2) is 40.3 Å². The van der Waals surface area contributed by atoms with Crippen molar-refractivity contribution in [3.8, 4) is 17.2 Å². The number of aliphatic imine (C=N–C) groups is 2. The molecule has 0 unspecified atom stereocenters. The molecule has 2 N–H and O–H groups in total. The van der Waals surface area contributed by atoms with Gasteiger partial charge in [0.1, 0.15) is 5.75 Å². The molecule has 0 radical (unpaired) electrons. The van der Waals surface area contributed by atoms with Crippen LogP contribution in [0.2, 0.25) is 0 Å². The van der Waals surface area contributed by atoms with E-state index in [-0.39, 0.29) is 11.3 Å². The SMILES string of the molecule is C=Nc1cc(OCCCC(=O)N2CC3(CN2)COC3)c(OC)cc1C(=NC)Oc1ccc2[nH]c(C)cc2c1CC. The van der Waals surface area contributed by atoms with Gasteiger partial charge < -0.3 is 23.9 Å². The van der Waals surface area contributed by atoms with Crippen molar-refractivity contribution in [2.24, 2.45) is 15.4 Å². The number of rotatable bonds is 10. The maximum absolute atomic E-state index is 12.6. The van der Waals surface area contributed by atoms with Gasteiger partial charge in [0, 0.05) is 54.8 Å². The molecule has 1 aromatic heterocycles. The molecule has 2 saturated heterocycles. The predicted molar refractivity (Wildman–Crippen MR) is 155 cm³/mol. The van der Waals surface area contributed by atoms with Crippen LogP contribution in [0.25, 0.3) is 10.9 Å². The minimum atomic E-state index is 0.0588. The number of methoxy groups -OCH3 is 1. The van der Waals surface area contributed by atoms with E-state index in [2.05, 4.69) is 40.1 Å². The van der Waals surface area contributed by atoms with Gasteiger partial charge in [-0.2, -0.15) is 0 Å². The van der Waals surface area contributed by atoms with Gasteiger partial charge in [-0.15, -0.1) is 0 Å². The number of H-pyrrole nitrogens is 1. The number of hydrogen-bond donors (Lipinski definition) is 2. The molecule has 0 atom stereocenters. The van der Waals surface area contributed by atoms with Crippen LogP contribution < -0.4 is 19.6 Å². The molecule has 40 heavy (non-hydrogen) atoms. The van der Waals surface area contributed by atoms with E-state index in [1.165, 1.54) is 0 Å². The Labute approximate surface area is 234 Å². The normalized spacial score (nSPS) is 16.3. The molecule has 1 amide bonds. The maximum atomic E-state index is 12.6. The van der Waals surface area contributed by atoms with Crippen LogP contribution in [0.4, 0.5) is 5.69 Å². The lowest BCUT2D eigenvalue weighted by Crippen LogP contribution is -2.47. The zero-order valence-corrected chi connectivity index (χ0v) is 23.6. The molecule has 3 heterocycles. The van der Waals surface area contributed by atoms with Crippen molar-refractivity contribution in [1.82, 2.24) is 15.4 Å². The first-order valence-electron chi connectivity index (χ1n) is 13.6. The van der Waals surface area contributed by atoms with Crippen LogP contribution >= 0.6 is 0 Å². The lowest BCUT2D eigenvalue weighted by molar-refractivity contribution is -0.136. The summed E-state index contributed by atoms with van der Waals surface area (Å²) in [6, 6.07) is 9.66. The number of carbonyl (C=O) groups excluding carboxylic acids is 1. The molecule has 10 nitrogen and oxygen atoms in total. The van der Waals surface area contributed by atoms with Crippen molar-refractivity contribution in [1.29, 1.82) is 0 Å². The van der Waals surface area contributed by atoms with E-state index in [0.29, 0.717) is 67.9 Å². The first-order chi connectivity index (χ1) is 19.4. The number of hydrazine groups is 1. The monoisotopic (exact) mass is 547 g/mol. The summed E-state index contributed by atoms with van der Waals surface area (Å²) in [6.45, 7) is 11.1. The minimum Gasteiger partial charge on any atom is -0.493 e. The molecule has 2 aromatic carbocycles. The molecular weight excluding hydrogens is 510 g/mol. The molecule has 2 fully saturated rings. The van der Waals surface area contributed by atoms with Crippen LogP contribution in [-0.2, 0) is 16.0 Å². The number of ether oxygens (including phenoxy) is 4. The fraction of sp³-hybridized carbons (Fsp3) is 0.433. The molecule has 2 aliphatic heterocycles. The van der Waals surface area contributed by atoms with Gasteiger partial charge in [0.25, 0.3) is 0 Å². The van der Waals surface area contributed by atoms with Crippen molar-refractivity contribution >= 4 is 35.1 Å². The van der Waals surface area contributed by atoms with Crippen LogP contribution in [0.5, 0.6) is 17.2 Å². The largest absolute Gasteiger partial charge is 0.493 e. The van der Waals surface area contributed by atoms with Crippen LogP contribution in [-0.4, -0.2) is 75.6 Å². The molecule has 3 aromatic rings. The van der Waals surface area contributed by atoms with E-state index in [1.807, 2.05) is 19.1 Å². The second-order valence-corrected chi connectivity index (χ2v) is 10.4. The summed E-state index contributed by atoms with van der Waals surface area (Å²) < 4.78 is 23.4. The van der Waals surface area contributed by atoms with E-state index in [0.717, 1.165) is 40.9 Å². The summed E-state index contributed by atoms with van der Waals surface area (Å²) in [5.74, 6) is 2.21. The number of aromatic nitrogens is 1. The summed E-state index contributed by atoms with van der Waals surface area (Å²) in [6.07, 6.45) is 1.74. The fourth-order valence-electron chi connectivity index (χ4n) is 5.30. The van der Waals surface area contributed by atoms with Crippen molar-refractivity contribution in [2.45, 2.75) is 33.1 Å². The van der Waals surface area contributed by atoms with Crippen molar-refractivity contribution in [3.63, 3.8) is 0 Å². The van der Waals surface area contributed by atoms with Crippen LogP contribution in [0.1, 0.15) is 36.6 Å². The average molecular weight is 548 g/mol. The van der Waals surface area contributed by atoms with Gasteiger partial charge in [-0.3, -0.25) is 19.8 Å². The summed E-state index contributed by atoms with van der Waals surface area (Å²) in [5.41, 5.74) is 7.74. The van der Waals surface area contributed by atoms with Gasteiger partial charge >= 0.3 is 0 Å². The Balaban J connectivity index is 1.27. The number of fused-ring (bicyclic) bond motifs is 1. The minimum absolute atomic E-state index is 0.0588. The zero-order valence-electron chi connectivity index (χ0n) is 23.6. The third-order valence-corrected chi connectivity index (χ3v) is 7.50. The molecular formula is C30H37N5O5. The highest BCUT2D eigenvalue weighted by Crippen LogP contribution is 2.37. The third-order valence-electron chi connectivity index (χ3n) is 7.50. The Morgan fingerprint density at radius 2 is 2.02 bits per heavy atom. The molecule has 1 spiro atoms. The summed E-state index contributed by atoms with van der Waals surface area (Å²) in [4.78, 5) is 24.6. The number of carbonyl (C=O) groups is 1. The van der Waals surface area contributed by atoms with Gasteiger partial charge in [-0.25, -0.2) is 5.43 Å². The standard InChI is InChI=1S/C30H37N5O5/c1-6-20-21-12-19(2)34-23(21)9-10-25(20)40-29(32-4)22-13-26(37-5)27(14-24(22)31-3)39-11-7-8-28(36)35-16-30(15-33-35)17-38-18-30/h9-10,12-14,33-34H,3,6-8,11,15-18H2,1-2,4-5H3. The number of aryl methyl sites for hydroxylation is 2. The molecule has 10 heteroatoms. The third kappa shape index (κ3) is 5.41. The number of benzene rings is 2. The average Bonchev–Trinajstić information content (AvgIpc) is 3.57. The molecule has 0 aliphatic carbocycles. The summed E-state index contributed by atoms with van der Waals surface area (Å²) in [7, 11) is 3.26. The summed E-state index contributed by atoms with van der Waals surface area (Å²) in [5, 5.41) is 2.84. The Bertz CT molecular complexity index is 1440. The lowest BCUT2D eigenvalue weighted by Gasteiger charge is -2.36. The quantitative estimate of drug-likeness (QED) is 0.222. The number of hydrogen-bond acceptors (Lipinski definition) is 8. The van der Waals surface area contributed by atoms with Crippen molar-refractivity contribution < 1.29 is 23.7 Å². The highest BCUT2D eigenvalue weighted by Gasteiger charge is 2.45. The van der Waals surface area contributed by atoms with Crippen molar-refractivity contribution in [2.75, 3.05) is 47.1 Å². The van der Waals surface area contributed by atoms with Crippen molar-refractivity contribution in [3.05, 3.63) is 47.2 Å². The van der Waals surface area contributed by atoms with E-state index in [9.17, 15) is 4.79 Å². The van der Waals surface area contributed by atoms with E-state index < -0.39 is 0 Å². The first-order valence-corrected chi connectivity index (χ1v) is 13.6. The van der Waals surface area contributed by atoms with E-state index >= 15 is 0 Å². The van der Waals surface area contributed by atoms with Crippen LogP contribution in [0, 0.1) is 12.3 Å². The van der Waals surface area contributed by atoms with Gasteiger partial charge in [0.2, 0.25) is 11.8 Å². The van der Waals surface area contributed by atoms with Gasteiger partial charge in [0.05, 0.1) is 43.6 Å². The maximum Gasteiger partial charge on any atom is 0.236 e. The van der Waals surface area contributed by atoms with E-state index in [1.54, 1.807) is 31.3 Å². The highest BCUT2D eigenvalue weighted by atomic mass is 16.5. The lowest BCUT2D eigenvalue weighted by atomic mass is 9.87. The number of aromatic amines is 1. The first kappa shape index (κ1) is 27.7. The van der Waals surface area contributed by atoms with Gasteiger partial charge in [-0.05, 0) is 50.7 Å². The fourth-order valence-corrected chi connectivity index (χ4v) is 5.30. The Morgan fingerprint density at radius 1 is 1.20 bits per heavy atom. The second-order valence-electron chi connectivity index (χ2n) is 10.4. The molecule has 0 bridgehead atoms. The topological polar surface area (TPSA) is 110 Å². The Morgan fingerprint density at radius 3 is 2.67 bits per heavy atom.